The van der Waals surface area contributed by atoms with Gasteiger partial charge in [-0.1, -0.05) is 0 Å². The van der Waals surface area contributed by atoms with Gasteiger partial charge in [0.25, 0.3) is 0 Å². The van der Waals surface area contributed by atoms with Crippen molar-refractivity contribution >= 4 is 12.0 Å². The van der Waals surface area contributed by atoms with E-state index >= 15 is 0 Å². The molecule has 5 atom stereocenters. The van der Waals surface area contributed by atoms with E-state index in [1.165, 1.54) is 37.1 Å². The molecule has 2 aliphatic carbocycles. The van der Waals surface area contributed by atoms with E-state index in [1.807, 2.05) is 16.7 Å². The lowest BCUT2D eigenvalue weighted by Crippen LogP contribution is -2.67. The third-order valence-electron chi connectivity index (χ3n) is 7.77. The van der Waals surface area contributed by atoms with E-state index in [0.717, 1.165) is 32.4 Å². The quantitative estimate of drug-likeness (QED) is 0.777. The van der Waals surface area contributed by atoms with Crippen molar-refractivity contribution in [2.75, 3.05) is 19.6 Å². The van der Waals surface area contributed by atoms with Gasteiger partial charge in [0, 0.05) is 38.6 Å². The van der Waals surface area contributed by atoms with Crippen LogP contribution in [0.5, 0.6) is 5.75 Å². The Hall–Kier alpha value is -2.19. The van der Waals surface area contributed by atoms with E-state index in [1.54, 1.807) is 6.92 Å². The van der Waals surface area contributed by atoms with Gasteiger partial charge in [-0.05, 0) is 75.1 Å². The summed E-state index contributed by atoms with van der Waals surface area (Å²) in [5.41, 5.74) is 3.58. The summed E-state index contributed by atoms with van der Waals surface area (Å²) in [6.45, 7) is 6.13. The molecule has 0 radical (unpaired) electrons. The number of benzene rings is 1. The molecular weight excluding hydrogens is 411 g/mol. The van der Waals surface area contributed by atoms with Gasteiger partial charge in [0.05, 0.1) is 12.1 Å². The van der Waals surface area contributed by atoms with Gasteiger partial charge >= 0.3 is 6.09 Å². The van der Waals surface area contributed by atoms with Crippen LogP contribution in [0, 0.1) is 17.7 Å². The molecule has 174 valence electrons. The third kappa shape index (κ3) is 4.22. The minimum Gasteiger partial charge on any atom is -0.410 e. The Balaban J connectivity index is 1.33. The number of rotatable bonds is 3. The number of hydrogen-bond donors (Lipinski definition) is 1. The van der Waals surface area contributed by atoms with Crippen LogP contribution >= 0.6 is 0 Å². The minimum absolute atomic E-state index is 0.0159. The second kappa shape index (κ2) is 8.63. The lowest BCUT2D eigenvalue weighted by atomic mass is 9.73. The van der Waals surface area contributed by atoms with Gasteiger partial charge in [0.2, 0.25) is 5.91 Å². The van der Waals surface area contributed by atoms with Gasteiger partial charge in [0.15, 0.2) is 0 Å². The number of carbonyl (C=O) groups is 2. The molecule has 1 aromatic carbocycles. The Morgan fingerprint density at radius 3 is 2.47 bits per heavy atom. The van der Waals surface area contributed by atoms with Crippen molar-refractivity contribution in [1.29, 1.82) is 0 Å². The number of nitrogens with one attached hydrogen (secondary N) is 1. The Labute approximate surface area is 188 Å². The molecule has 4 fully saturated rings. The minimum atomic E-state index is -0.411. The summed E-state index contributed by atoms with van der Waals surface area (Å²) in [5.74, 6) is 1.11. The van der Waals surface area contributed by atoms with Crippen LogP contribution in [0.2, 0.25) is 0 Å². The summed E-state index contributed by atoms with van der Waals surface area (Å²) in [7, 11) is 0. The van der Waals surface area contributed by atoms with Crippen molar-refractivity contribution in [2.45, 2.75) is 70.1 Å². The standard InChI is InChI=1S/C24H33FN4O3/c1-15-13-27(24(31)32-21-8-4-19(25)5-9-21)23-11-17(3-10-22(23)29(15)16(2)30)18-12-26-28(14-18)20-6-7-20/h4-5,8-9,15,17-18,20,22-23,26H,3,6-7,10-14H2,1-2H3/t15-,17?,18?,22?,23?/m0/s1. The van der Waals surface area contributed by atoms with Crippen LogP contribution in [0.1, 0.15) is 46.0 Å². The molecule has 0 spiro atoms. The first-order valence-electron chi connectivity index (χ1n) is 11.9. The predicted octanol–water partition coefficient (Wildman–Crippen LogP) is 3.01. The van der Waals surface area contributed by atoms with Crippen molar-refractivity contribution in [3.8, 4) is 5.75 Å². The Kier molecular flexibility index (Phi) is 5.84. The maximum atomic E-state index is 13.2. The fourth-order valence-electron chi connectivity index (χ4n) is 6.10. The van der Waals surface area contributed by atoms with Crippen molar-refractivity contribution in [1.82, 2.24) is 20.2 Å². The van der Waals surface area contributed by atoms with E-state index in [2.05, 4.69) is 10.4 Å². The first kappa shape index (κ1) is 21.6. The highest BCUT2D eigenvalue weighted by Crippen LogP contribution is 2.41. The average Bonchev–Trinajstić information content (AvgIpc) is 3.50. The number of nitrogens with zero attached hydrogens (tertiary/aromatic N) is 3. The highest BCUT2D eigenvalue weighted by molar-refractivity contribution is 5.76. The van der Waals surface area contributed by atoms with Crippen LogP contribution < -0.4 is 10.2 Å². The van der Waals surface area contributed by atoms with Gasteiger partial charge in [-0.2, -0.15) is 0 Å². The van der Waals surface area contributed by atoms with Gasteiger partial charge < -0.3 is 14.5 Å². The fraction of sp³-hybridized carbons (Fsp3) is 0.667. The summed E-state index contributed by atoms with van der Waals surface area (Å²) in [4.78, 5) is 29.5. The van der Waals surface area contributed by atoms with Crippen LogP contribution in [0.3, 0.4) is 0 Å². The number of hydrazine groups is 1. The number of piperazine rings is 1. The smallest absolute Gasteiger partial charge is 0.410 e. The SMILES string of the molecule is CC(=O)N1C2CCC(C3CNN(C4CC4)C3)CC2N(C(=O)Oc2ccc(F)cc2)C[C@@H]1C. The molecule has 1 aromatic rings. The molecule has 2 saturated heterocycles. The number of amides is 2. The summed E-state index contributed by atoms with van der Waals surface area (Å²) < 4.78 is 18.9. The zero-order valence-electron chi connectivity index (χ0n) is 18.9. The molecule has 1 N–H and O–H groups in total. The second-order valence-corrected chi connectivity index (χ2v) is 9.96. The number of fused-ring (bicyclic) bond motifs is 1. The molecular formula is C24H33FN4O3. The van der Waals surface area contributed by atoms with E-state index in [4.69, 9.17) is 4.74 Å². The molecule has 8 heteroatoms. The lowest BCUT2D eigenvalue weighted by molar-refractivity contribution is -0.142. The molecule has 4 aliphatic rings. The second-order valence-electron chi connectivity index (χ2n) is 9.96. The van der Waals surface area contributed by atoms with Crippen LogP contribution in [0.25, 0.3) is 0 Å². The Morgan fingerprint density at radius 1 is 1.03 bits per heavy atom. The van der Waals surface area contributed by atoms with Gasteiger partial charge in [-0.3, -0.25) is 10.2 Å². The average molecular weight is 445 g/mol. The van der Waals surface area contributed by atoms with Gasteiger partial charge in [-0.15, -0.1) is 0 Å². The number of ether oxygens (including phenoxy) is 1. The zero-order chi connectivity index (χ0) is 22.4. The molecule has 0 aromatic heterocycles. The monoisotopic (exact) mass is 444 g/mol. The number of halogens is 1. The summed E-state index contributed by atoms with van der Waals surface area (Å²) in [6, 6.07) is 6.11. The highest BCUT2D eigenvalue weighted by atomic mass is 19.1. The molecule has 32 heavy (non-hydrogen) atoms. The maximum Gasteiger partial charge on any atom is 0.415 e. The fourth-order valence-corrected chi connectivity index (χ4v) is 6.10. The molecule has 4 unspecified atom stereocenters. The van der Waals surface area contributed by atoms with Crippen LogP contribution in [-0.4, -0.2) is 70.6 Å². The maximum absolute atomic E-state index is 13.2. The summed E-state index contributed by atoms with van der Waals surface area (Å²) >= 11 is 0. The molecule has 7 nitrogen and oxygen atoms in total. The topological polar surface area (TPSA) is 65.1 Å². The third-order valence-corrected chi connectivity index (χ3v) is 7.77. The summed E-state index contributed by atoms with van der Waals surface area (Å²) in [5, 5.41) is 2.40. The van der Waals surface area contributed by atoms with Crippen molar-refractivity contribution < 1.29 is 18.7 Å². The Morgan fingerprint density at radius 2 is 1.78 bits per heavy atom. The van der Waals surface area contributed by atoms with Gasteiger partial charge in [0.1, 0.15) is 11.6 Å². The summed E-state index contributed by atoms with van der Waals surface area (Å²) in [6.07, 6.45) is 5.01. The molecule has 2 heterocycles. The van der Waals surface area contributed by atoms with E-state index in [-0.39, 0.29) is 29.8 Å². The number of carbonyl (C=O) groups excluding carboxylic acids is 2. The van der Waals surface area contributed by atoms with Crippen LogP contribution in [0.15, 0.2) is 24.3 Å². The zero-order valence-corrected chi connectivity index (χ0v) is 18.9. The van der Waals surface area contributed by atoms with Crippen molar-refractivity contribution in [3.05, 3.63) is 30.1 Å². The van der Waals surface area contributed by atoms with Crippen molar-refractivity contribution in [3.63, 3.8) is 0 Å². The van der Waals surface area contributed by atoms with E-state index in [9.17, 15) is 14.0 Å². The molecule has 2 aliphatic heterocycles. The highest BCUT2D eigenvalue weighted by Gasteiger charge is 2.49. The molecule has 0 bridgehead atoms. The van der Waals surface area contributed by atoms with Crippen LogP contribution in [0.4, 0.5) is 9.18 Å². The van der Waals surface area contributed by atoms with E-state index in [0.29, 0.717) is 30.2 Å². The van der Waals surface area contributed by atoms with E-state index < -0.39 is 6.09 Å². The van der Waals surface area contributed by atoms with Crippen LogP contribution in [-0.2, 0) is 4.79 Å². The largest absolute Gasteiger partial charge is 0.415 e. The first-order chi connectivity index (χ1) is 15.4. The number of hydrogen-bond acceptors (Lipinski definition) is 5. The predicted molar refractivity (Wildman–Crippen MR) is 117 cm³/mol. The first-order valence-corrected chi connectivity index (χ1v) is 11.9. The van der Waals surface area contributed by atoms with Gasteiger partial charge in [-0.25, -0.2) is 14.2 Å². The molecule has 5 rings (SSSR count). The molecule has 2 amide bonds. The Bertz CT molecular complexity index is 861. The normalized spacial score (nSPS) is 33.2. The van der Waals surface area contributed by atoms with Crippen molar-refractivity contribution in [2.24, 2.45) is 11.8 Å². The molecule has 2 saturated carbocycles. The lowest BCUT2D eigenvalue weighted by Gasteiger charge is -2.54.